The molecule has 0 aromatic carbocycles. The quantitative estimate of drug-likeness (QED) is 0.495. The Morgan fingerprint density at radius 1 is 1.20 bits per heavy atom. The van der Waals surface area contributed by atoms with Crippen molar-refractivity contribution in [2.75, 3.05) is 19.6 Å². The average molecular weight is 225 g/mol. The molecule has 1 atom stereocenters. The minimum atomic E-state index is -0.538. The van der Waals surface area contributed by atoms with E-state index in [1.807, 2.05) is 0 Å². The molecule has 1 fully saturated rings. The Morgan fingerprint density at radius 3 is 2.27 bits per heavy atom. The minimum absolute atomic E-state index is 0.538. The first kappa shape index (κ1) is 13.0. The van der Waals surface area contributed by atoms with Crippen LogP contribution in [0.3, 0.4) is 0 Å². The van der Waals surface area contributed by atoms with Crippen molar-refractivity contribution in [3.8, 4) is 0 Å². The molecular weight excluding hydrogens is 198 g/mol. The van der Waals surface area contributed by atoms with Crippen LogP contribution >= 0.6 is 0 Å². The van der Waals surface area contributed by atoms with Crippen LogP contribution in [0.2, 0.25) is 17.6 Å². The van der Waals surface area contributed by atoms with Crippen LogP contribution < -0.4 is 0 Å². The minimum Gasteiger partial charge on any atom is -0.303 e. The van der Waals surface area contributed by atoms with Crippen molar-refractivity contribution in [1.29, 1.82) is 0 Å². The van der Waals surface area contributed by atoms with Gasteiger partial charge in [-0.05, 0) is 31.5 Å². The van der Waals surface area contributed by atoms with Crippen LogP contribution in [0.4, 0.5) is 0 Å². The van der Waals surface area contributed by atoms with E-state index in [1.54, 1.807) is 0 Å². The maximum Gasteiger partial charge on any atom is 0.0452 e. The zero-order valence-corrected chi connectivity index (χ0v) is 11.7. The second-order valence-corrected chi connectivity index (χ2v) is 8.85. The fourth-order valence-electron chi connectivity index (χ4n) is 2.75. The van der Waals surface area contributed by atoms with Gasteiger partial charge in [0.25, 0.3) is 0 Å². The van der Waals surface area contributed by atoms with Crippen LogP contribution in [0.5, 0.6) is 0 Å². The van der Waals surface area contributed by atoms with Gasteiger partial charge in [0.15, 0.2) is 0 Å². The molecule has 2 heteroatoms. The highest BCUT2D eigenvalue weighted by molar-refractivity contribution is 6.60. The molecule has 0 bridgehead atoms. The number of hydrogen-bond acceptors (Lipinski definition) is 1. The molecule has 1 saturated heterocycles. The molecule has 0 aromatic heterocycles. The molecule has 0 saturated carbocycles. The van der Waals surface area contributed by atoms with E-state index in [0.717, 1.165) is 5.54 Å². The van der Waals surface area contributed by atoms with E-state index >= 15 is 0 Å². The Kier molecular flexibility index (Phi) is 6.26. The molecular formula is C13H27NSi. The standard InChI is InChI=1S/C13H27NSi/c1-4-13(15(5-2)6-3)12-14-10-8-7-9-11-14/h4,13,15H,1,5-12H2,2-3H3. The van der Waals surface area contributed by atoms with Gasteiger partial charge in [0, 0.05) is 15.3 Å². The summed E-state index contributed by atoms with van der Waals surface area (Å²) in [5.41, 5.74) is 0.845. The van der Waals surface area contributed by atoms with Gasteiger partial charge in [-0.15, -0.1) is 6.58 Å². The smallest absolute Gasteiger partial charge is 0.0452 e. The first-order chi connectivity index (χ1) is 7.31. The van der Waals surface area contributed by atoms with Gasteiger partial charge in [0.05, 0.1) is 0 Å². The topological polar surface area (TPSA) is 3.24 Å². The predicted molar refractivity (Wildman–Crippen MR) is 72.3 cm³/mol. The first-order valence-electron chi connectivity index (χ1n) is 6.66. The maximum absolute atomic E-state index is 4.05. The van der Waals surface area contributed by atoms with Gasteiger partial charge in [-0.1, -0.05) is 38.4 Å². The molecule has 0 aromatic rings. The van der Waals surface area contributed by atoms with E-state index in [4.69, 9.17) is 0 Å². The maximum atomic E-state index is 4.05. The van der Waals surface area contributed by atoms with E-state index in [9.17, 15) is 0 Å². The SMILES string of the molecule is C=CC(CN1CCCCC1)[SiH](CC)CC. The van der Waals surface area contributed by atoms with E-state index < -0.39 is 8.80 Å². The summed E-state index contributed by atoms with van der Waals surface area (Å²) in [6.07, 6.45) is 6.51. The molecule has 0 amide bonds. The van der Waals surface area contributed by atoms with Crippen molar-refractivity contribution >= 4 is 8.80 Å². The van der Waals surface area contributed by atoms with Gasteiger partial charge in [0.2, 0.25) is 0 Å². The second kappa shape index (κ2) is 7.23. The van der Waals surface area contributed by atoms with Crippen LogP contribution in [-0.4, -0.2) is 33.3 Å². The normalized spacial score (nSPS) is 20.5. The van der Waals surface area contributed by atoms with Gasteiger partial charge in [-0.3, -0.25) is 0 Å². The van der Waals surface area contributed by atoms with Crippen LogP contribution in [0.15, 0.2) is 12.7 Å². The van der Waals surface area contributed by atoms with Crippen LogP contribution in [0, 0.1) is 0 Å². The van der Waals surface area contributed by atoms with Crippen molar-refractivity contribution < 1.29 is 0 Å². The summed E-state index contributed by atoms with van der Waals surface area (Å²) in [6, 6.07) is 2.86. The second-order valence-electron chi connectivity index (χ2n) is 4.84. The van der Waals surface area contributed by atoms with Crippen LogP contribution in [0.1, 0.15) is 33.1 Å². The van der Waals surface area contributed by atoms with Gasteiger partial charge in [-0.2, -0.15) is 0 Å². The lowest BCUT2D eigenvalue weighted by atomic mass is 10.1. The predicted octanol–water partition coefficient (Wildman–Crippen LogP) is 3.30. The van der Waals surface area contributed by atoms with E-state index in [1.165, 1.54) is 51.0 Å². The Morgan fingerprint density at radius 2 is 1.80 bits per heavy atom. The van der Waals surface area contributed by atoms with Crippen molar-refractivity contribution in [2.45, 2.75) is 50.7 Å². The largest absolute Gasteiger partial charge is 0.303 e. The average Bonchev–Trinajstić information content (AvgIpc) is 2.30. The summed E-state index contributed by atoms with van der Waals surface area (Å²) in [6.45, 7) is 12.8. The Balaban J connectivity index is 2.40. The van der Waals surface area contributed by atoms with Gasteiger partial charge in [-0.25, -0.2) is 0 Å². The molecule has 15 heavy (non-hydrogen) atoms. The van der Waals surface area contributed by atoms with Crippen molar-refractivity contribution in [2.24, 2.45) is 0 Å². The van der Waals surface area contributed by atoms with Crippen molar-refractivity contribution in [3.05, 3.63) is 12.7 Å². The molecule has 0 N–H and O–H groups in total. The van der Waals surface area contributed by atoms with Crippen molar-refractivity contribution in [3.63, 3.8) is 0 Å². The lowest BCUT2D eigenvalue weighted by molar-refractivity contribution is 0.232. The first-order valence-corrected chi connectivity index (χ1v) is 8.96. The monoisotopic (exact) mass is 225 g/mol. The molecule has 88 valence electrons. The Bertz CT molecular complexity index is 171. The number of likely N-dealkylation sites (tertiary alicyclic amines) is 1. The third-order valence-corrected chi connectivity index (χ3v) is 7.67. The number of rotatable bonds is 6. The zero-order chi connectivity index (χ0) is 11.1. The van der Waals surface area contributed by atoms with Gasteiger partial charge >= 0.3 is 0 Å². The number of hydrogen-bond donors (Lipinski definition) is 0. The van der Waals surface area contributed by atoms with Gasteiger partial charge in [0.1, 0.15) is 0 Å². The summed E-state index contributed by atoms with van der Waals surface area (Å²) in [4.78, 5) is 2.67. The van der Waals surface area contributed by atoms with Gasteiger partial charge < -0.3 is 4.90 Å². The number of nitrogens with zero attached hydrogens (tertiary/aromatic N) is 1. The molecule has 1 unspecified atom stereocenters. The third-order valence-electron chi connectivity index (χ3n) is 3.87. The summed E-state index contributed by atoms with van der Waals surface area (Å²) in [5, 5.41) is 0. The highest BCUT2D eigenvalue weighted by Gasteiger charge is 2.20. The summed E-state index contributed by atoms with van der Waals surface area (Å²) >= 11 is 0. The highest BCUT2D eigenvalue weighted by atomic mass is 28.3. The Labute approximate surface area is 97.2 Å². The fourth-order valence-corrected chi connectivity index (χ4v) is 5.52. The fraction of sp³-hybridized carbons (Fsp3) is 0.846. The summed E-state index contributed by atoms with van der Waals surface area (Å²) in [5.74, 6) is 0. The molecule has 1 nitrogen and oxygen atoms in total. The molecule has 1 aliphatic heterocycles. The van der Waals surface area contributed by atoms with Crippen LogP contribution in [0.25, 0.3) is 0 Å². The van der Waals surface area contributed by atoms with E-state index in [-0.39, 0.29) is 0 Å². The highest BCUT2D eigenvalue weighted by Crippen LogP contribution is 2.21. The van der Waals surface area contributed by atoms with E-state index in [0.29, 0.717) is 0 Å². The molecule has 0 aliphatic carbocycles. The van der Waals surface area contributed by atoms with Crippen LogP contribution in [-0.2, 0) is 0 Å². The lowest BCUT2D eigenvalue weighted by Crippen LogP contribution is -2.36. The summed E-state index contributed by atoms with van der Waals surface area (Å²) in [7, 11) is -0.538. The Hall–Kier alpha value is -0.0831. The molecule has 1 rings (SSSR count). The molecule has 1 aliphatic rings. The lowest BCUT2D eigenvalue weighted by Gasteiger charge is -2.31. The van der Waals surface area contributed by atoms with E-state index in [2.05, 4.69) is 31.4 Å². The number of piperidine rings is 1. The molecule has 0 spiro atoms. The third kappa shape index (κ3) is 4.11. The van der Waals surface area contributed by atoms with Crippen molar-refractivity contribution in [1.82, 2.24) is 4.90 Å². The molecule has 1 heterocycles. The zero-order valence-electron chi connectivity index (χ0n) is 10.5. The molecule has 0 radical (unpaired) electrons. The summed E-state index contributed by atoms with van der Waals surface area (Å²) < 4.78 is 0.